The predicted molar refractivity (Wildman–Crippen MR) is 186 cm³/mol. The monoisotopic (exact) mass is 654 g/mol. The number of pyridine rings is 2. The Hall–Kier alpha value is -4.72. The van der Waals surface area contributed by atoms with Gasteiger partial charge >= 0.3 is 26.2 Å². The maximum absolute atomic E-state index is 4.46. The molecule has 0 aliphatic rings. The van der Waals surface area contributed by atoms with Crippen LogP contribution in [0.5, 0.6) is 0 Å². The SMILES string of the molecule is Cc1ccc(-c2cccc3[cH-]c(-c4ccccn4)cc23)cc1.Cc1ccc(-c2cccc3[cH-]c(-c4ccccn4)cc23)cc1.[Zr+2]. The molecule has 45 heavy (non-hydrogen) atoms. The van der Waals surface area contributed by atoms with Gasteiger partial charge in [-0.25, -0.2) is 0 Å². The molecule has 0 amide bonds. The van der Waals surface area contributed by atoms with Gasteiger partial charge in [0.15, 0.2) is 0 Å². The zero-order chi connectivity index (χ0) is 29.9. The molecular formula is C42H32N2Zr. The average Bonchev–Trinajstić information content (AvgIpc) is 3.72. The van der Waals surface area contributed by atoms with E-state index in [1.807, 2.05) is 36.7 Å². The molecule has 0 saturated heterocycles. The normalized spacial score (nSPS) is 10.7. The molecule has 214 valence electrons. The summed E-state index contributed by atoms with van der Waals surface area (Å²) in [5, 5.41) is 5.09. The average molecular weight is 656 g/mol. The van der Waals surface area contributed by atoms with Crippen molar-refractivity contribution >= 4 is 21.5 Å². The maximum Gasteiger partial charge on any atom is 2.00 e. The molecule has 3 heteroatoms. The first kappa shape index (κ1) is 30.3. The third-order valence-corrected chi connectivity index (χ3v) is 8.15. The fourth-order valence-electron chi connectivity index (χ4n) is 5.80. The summed E-state index contributed by atoms with van der Waals surface area (Å²) in [4.78, 5) is 8.92. The number of aromatic nitrogens is 2. The number of hydrogen-bond donors (Lipinski definition) is 0. The number of hydrogen-bond acceptors (Lipinski definition) is 2. The summed E-state index contributed by atoms with van der Waals surface area (Å²) in [6.45, 7) is 4.23. The van der Waals surface area contributed by atoms with Crippen LogP contribution in [-0.4, -0.2) is 9.97 Å². The van der Waals surface area contributed by atoms with E-state index in [1.54, 1.807) is 0 Å². The summed E-state index contributed by atoms with van der Waals surface area (Å²) in [7, 11) is 0. The molecule has 0 atom stereocenters. The van der Waals surface area contributed by atoms with Gasteiger partial charge in [-0.3, -0.25) is 9.97 Å². The summed E-state index contributed by atoms with van der Waals surface area (Å²) in [6.07, 6.45) is 3.68. The van der Waals surface area contributed by atoms with Gasteiger partial charge in [-0.05, 0) is 37.1 Å². The number of fused-ring (bicyclic) bond motifs is 2. The number of aryl methyl sites for hydroxylation is 2. The second-order valence-electron chi connectivity index (χ2n) is 11.3. The van der Waals surface area contributed by atoms with Crippen LogP contribution in [0.2, 0.25) is 0 Å². The molecule has 0 saturated carbocycles. The van der Waals surface area contributed by atoms with Crippen LogP contribution in [0.25, 0.3) is 66.3 Å². The Labute approximate surface area is 283 Å². The molecule has 0 aliphatic heterocycles. The fourth-order valence-corrected chi connectivity index (χ4v) is 5.80. The van der Waals surface area contributed by atoms with Gasteiger partial charge in [0, 0.05) is 23.8 Å². The van der Waals surface area contributed by atoms with Crippen LogP contribution in [0.15, 0.2) is 158 Å². The Morgan fingerprint density at radius 3 is 1.24 bits per heavy atom. The van der Waals surface area contributed by atoms with Crippen molar-refractivity contribution in [2.75, 3.05) is 0 Å². The molecule has 0 spiro atoms. The van der Waals surface area contributed by atoms with Crippen LogP contribution < -0.4 is 0 Å². The van der Waals surface area contributed by atoms with Gasteiger partial charge in [-0.2, -0.15) is 0 Å². The number of rotatable bonds is 4. The fraction of sp³-hybridized carbons (Fsp3) is 0.0476. The minimum absolute atomic E-state index is 0. The van der Waals surface area contributed by atoms with Crippen molar-refractivity contribution in [3.63, 3.8) is 0 Å². The second-order valence-corrected chi connectivity index (χ2v) is 11.3. The Bertz CT molecular complexity index is 2000. The van der Waals surface area contributed by atoms with Crippen molar-refractivity contribution in [2.24, 2.45) is 0 Å². The molecule has 8 rings (SSSR count). The van der Waals surface area contributed by atoms with Crippen molar-refractivity contribution in [3.8, 4) is 44.8 Å². The van der Waals surface area contributed by atoms with Crippen LogP contribution in [0.3, 0.4) is 0 Å². The zero-order valence-corrected chi connectivity index (χ0v) is 27.9. The molecule has 6 aromatic carbocycles. The Balaban J connectivity index is 0.000000155. The van der Waals surface area contributed by atoms with Gasteiger partial charge in [0.1, 0.15) is 0 Å². The van der Waals surface area contributed by atoms with Crippen LogP contribution in [0.4, 0.5) is 0 Å². The van der Waals surface area contributed by atoms with E-state index in [-0.39, 0.29) is 26.2 Å². The smallest absolute Gasteiger partial charge is 0.295 e. The van der Waals surface area contributed by atoms with Crippen molar-refractivity contribution in [3.05, 3.63) is 169 Å². The second kappa shape index (κ2) is 13.5. The van der Waals surface area contributed by atoms with Crippen molar-refractivity contribution in [1.82, 2.24) is 9.97 Å². The quantitative estimate of drug-likeness (QED) is 0.176. The van der Waals surface area contributed by atoms with Crippen LogP contribution in [0, 0.1) is 13.8 Å². The summed E-state index contributed by atoms with van der Waals surface area (Å²) in [5.74, 6) is 0. The molecule has 0 N–H and O–H groups in total. The molecule has 2 nitrogen and oxygen atoms in total. The van der Waals surface area contributed by atoms with Gasteiger partial charge < -0.3 is 0 Å². The van der Waals surface area contributed by atoms with E-state index in [9.17, 15) is 0 Å². The first-order chi connectivity index (χ1) is 21.6. The minimum atomic E-state index is 0. The molecular weight excluding hydrogens is 624 g/mol. The molecule has 8 aromatic rings. The molecule has 0 fully saturated rings. The Morgan fingerprint density at radius 1 is 0.444 bits per heavy atom. The van der Waals surface area contributed by atoms with E-state index in [0.29, 0.717) is 0 Å². The minimum Gasteiger partial charge on any atom is -0.295 e. The molecule has 0 bridgehead atoms. The van der Waals surface area contributed by atoms with E-state index in [1.165, 1.54) is 66.1 Å². The molecule has 0 radical (unpaired) electrons. The molecule has 0 unspecified atom stereocenters. The maximum atomic E-state index is 4.46. The van der Waals surface area contributed by atoms with Crippen LogP contribution >= 0.6 is 0 Å². The third-order valence-electron chi connectivity index (χ3n) is 8.15. The van der Waals surface area contributed by atoms with Gasteiger partial charge in [0.25, 0.3) is 0 Å². The van der Waals surface area contributed by atoms with Crippen LogP contribution in [0.1, 0.15) is 11.1 Å². The number of nitrogens with zero attached hydrogens (tertiary/aromatic N) is 2. The Kier molecular flexibility index (Phi) is 9.10. The summed E-state index contributed by atoms with van der Waals surface area (Å²) >= 11 is 0. The van der Waals surface area contributed by atoms with Gasteiger partial charge in [-0.15, -0.1) is 69.1 Å². The van der Waals surface area contributed by atoms with E-state index in [2.05, 4.69) is 145 Å². The van der Waals surface area contributed by atoms with E-state index < -0.39 is 0 Å². The third kappa shape index (κ3) is 6.55. The molecule has 2 heterocycles. The number of benzene rings is 4. The first-order valence-corrected chi connectivity index (χ1v) is 15.0. The summed E-state index contributed by atoms with van der Waals surface area (Å²) < 4.78 is 0. The van der Waals surface area contributed by atoms with Crippen molar-refractivity contribution < 1.29 is 26.2 Å². The van der Waals surface area contributed by atoms with Gasteiger partial charge in [-0.1, -0.05) is 119 Å². The molecule has 2 aromatic heterocycles. The van der Waals surface area contributed by atoms with Gasteiger partial charge in [0.2, 0.25) is 0 Å². The van der Waals surface area contributed by atoms with E-state index in [4.69, 9.17) is 0 Å². The molecule has 0 aliphatic carbocycles. The van der Waals surface area contributed by atoms with Crippen molar-refractivity contribution in [1.29, 1.82) is 0 Å². The Morgan fingerprint density at radius 2 is 0.867 bits per heavy atom. The summed E-state index contributed by atoms with van der Waals surface area (Å²) in [6, 6.07) is 51.4. The predicted octanol–water partition coefficient (Wildman–Crippen LogP) is 11.2. The first-order valence-electron chi connectivity index (χ1n) is 15.0. The summed E-state index contributed by atoms with van der Waals surface area (Å²) in [5.41, 5.74) is 12.0. The zero-order valence-electron chi connectivity index (χ0n) is 25.4. The van der Waals surface area contributed by atoms with E-state index in [0.717, 1.165) is 11.4 Å². The topological polar surface area (TPSA) is 25.8 Å². The van der Waals surface area contributed by atoms with Crippen molar-refractivity contribution in [2.45, 2.75) is 13.8 Å². The van der Waals surface area contributed by atoms with E-state index >= 15 is 0 Å². The van der Waals surface area contributed by atoms with Gasteiger partial charge in [0.05, 0.1) is 0 Å². The standard InChI is InChI=1S/2C21H16N.Zr/c2*1-15-8-10-16(11-9-15)19-6-4-5-17-13-18(14-20(17)19)21-7-2-3-12-22-21;/h2*2-14H,1H3;/q2*-1;+2. The largest absolute Gasteiger partial charge is 2.00 e. The van der Waals surface area contributed by atoms with Crippen LogP contribution in [-0.2, 0) is 26.2 Å².